The quantitative estimate of drug-likeness (QED) is 0.0501. The molecule has 0 saturated heterocycles. The third kappa shape index (κ3) is 37.4. The molecule has 248 valence electrons. The molecule has 42 heavy (non-hydrogen) atoms. The van der Waals surface area contributed by atoms with E-state index in [1.54, 1.807) is 12.4 Å². The number of aromatic nitrogens is 1. The topological polar surface area (TPSA) is 24.9 Å². The van der Waals surface area contributed by atoms with Crippen LogP contribution in [0.4, 0.5) is 0 Å². The molecule has 0 aliphatic heterocycles. The molecule has 1 aromatic rings. The second-order valence-corrected chi connectivity index (χ2v) is 13.3. The molecule has 1 atom stereocenters. The Balaban J connectivity index is 0.00000246. The summed E-state index contributed by atoms with van der Waals surface area (Å²) < 4.78 is 0. The number of alkyl halides is 1. The summed E-state index contributed by atoms with van der Waals surface area (Å²) in [5.74, 6) is 0. The Morgan fingerprint density at radius 3 is 1.02 bits per heavy atom. The molecule has 1 heterocycles. The Morgan fingerprint density at radius 2 is 0.738 bits per heavy atom. The summed E-state index contributed by atoms with van der Waals surface area (Å²) in [7, 11) is 0. The molecule has 0 amide bonds. The van der Waals surface area contributed by atoms with E-state index in [0.717, 1.165) is 13.0 Å². The van der Waals surface area contributed by atoms with Crippen molar-refractivity contribution in [2.75, 3.05) is 6.54 Å². The molecule has 0 aromatic carbocycles. The van der Waals surface area contributed by atoms with Crippen LogP contribution in [0.3, 0.4) is 0 Å². The second-order valence-electron chi connectivity index (χ2n) is 12.8. The van der Waals surface area contributed by atoms with E-state index in [1.165, 1.54) is 186 Å². The first-order chi connectivity index (χ1) is 20.8. The summed E-state index contributed by atoms with van der Waals surface area (Å²) in [5.41, 5.74) is 0.189. The normalized spacial score (nSPS) is 11.8. The van der Waals surface area contributed by atoms with Gasteiger partial charge in [-0.15, -0.1) is 11.6 Å². The summed E-state index contributed by atoms with van der Waals surface area (Å²) in [6.07, 6.45) is 46.0. The van der Waals surface area contributed by atoms with E-state index in [2.05, 4.69) is 24.1 Å². The standard InChI is InChI=1S/C34H70ClN.C5H5N/c1-3-5-7-9-11-13-15-17-19-20-22-24-26-28-30-32-34(35)36-33-31-29-27-25-23-21-18-16-14-12-10-8-6-4-2;1-2-4-6-5-3-1/h34,36H,3-33H2,1-2H3;1-5H. The van der Waals surface area contributed by atoms with Gasteiger partial charge in [-0.2, -0.15) is 0 Å². The van der Waals surface area contributed by atoms with Crippen LogP contribution in [0.1, 0.15) is 206 Å². The van der Waals surface area contributed by atoms with Crippen LogP contribution in [-0.2, 0) is 0 Å². The fourth-order valence-electron chi connectivity index (χ4n) is 5.69. The van der Waals surface area contributed by atoms with Gasteiger partial charge < -0.3 is 5.32 Å². The van der Waals surface area contributed by atoms with E-state index < -0.39 is 0 Å². The molecule has 1 rings (SSSR count). The number of hydrogen-bond donors (Lipinski definition) is 1. The van der Waals surface area contributed by atoms with Gasteiger partial charge in [0.2, 0.25) is 0 Å². The number of pyridine rings is 1. The van der Waals surface area contributed by atoms with E-state index in [1.807, 2.05) is 18.2 Å². The second kappa shape index (κ2) is 38.4. The molecule has 1 N–H and O–H groups in total. The van der Waals surface area contributed by atoms with Crippen molar-refractivity contribution in [3.05, 3.63) is 30.6 Å². The van der Waals surface area contributed by atoms with Gasteiger partial charge in [0, 0.05) is 12.4 Å². The highest BCUT2D eigenvalue weighted by Gasteiger charge is 2.03. The average Bonchev–Trinajstić information content (AvgIpc) is 3.02. The SMILES string of the molecule is CCCCCCCCCCCCCCCCCC(Cl)NCCCCCCCCCCCCCCCC.c1ccncc1. The summed E-state index contributed by atoms with van der Waals surface area (Å²) in [6.45, 7) is 5.70. The number of halogens is 1. The molecule has 0 aliphatic carbocycles. The van der Waals surface area contributed by atoms with Crippen molar-refractivity contribution in [3.63, 3.8) is 0 Å². The molecule has 0 bridgehead atoms. The van der Waals surface area contributed by atoms with Gasteiger partial charge in [0.05, 0.1) is 5.50 Å². The van der Waals surface area contributed by atoms with E-state index in [-0.39, 0.29) is 5.50 Å². The summed E-state index contributed by atoms with van der Waals surface area (Å²) in [5, 5.41) is 3.54. The van der Waals surface area contributed by atoms with Crippen molar-refractivity contribution < 1.29 is 0 Å². The Labute approximate surface area is 270 Å². The predicted octanol–water partition coefficient (Wildman–Crippen LogP) is 14.0. The van der Waals surface area contributed by atoms with E-state index in [9.17, 15) is 0 Å². The fourth-order valence-corrected chi connectivity index (χ4v) is 5.95. The minimum Gasteiger partial charge on any atom is -0.301 e. The van der Waals surface area contributed by atoms with Crippen LogP contribution in [0.5, 0.6) is 0 Å². The highest BCUT2D eigenvalue weighted by Crippen LogP contribution is 2.15. The first-order valence-electron chi connectivity index (χ1n) is 19.0. The van der Waals surface area contributed by atoms with Crippen LogP contribution in [-0.4, -0.2) is 17.0 Å². The van der Waals surface area contributed by atoms with Gasteiger partial charge in [0.25, 0.3) is 0 Å². The molecule has 0 saturated carbocycles. The van der Waals surface area contributed by atoms with Crippen molar-refractivity contribution in [2.24, 2.45) is 0 Å². The molecular formula is C39H75ClN2. The summed E-state index contributed by atoms with van der Waals surface area (Å²) in [6, 6.07) is 5.72. The monoisotopic (exact) mass is 607 g/mol. The maximum absolute atomic E-state index is 6.49. The van der Waals surface area contributed by atoms with Crippen LogP contribution >= 0.6 is 11.6 Å². The van der Waals surface area contributed by atoms with Gasteiger partial charge in [0.1, 0.15) is 0 Å². The van der Waals surface area contributed by atoms with E-state index >= 15 is 0 Å². The Morgan fingerprint density at radius 1 is 0.429 bits per heavy atom. The molecule has 0 fully saturated rings. The lowest BCUT2D eigenvalue weighted by molar-refractivity contribution is 0.504. The minimum absolute atomic E-state index is 0.189. The van der Waals surface area contributed by atoms with Crippen molar-refractivity contribution in [1.82, 2.24) is 10.3 Å². The van der Waals surface area contributed by atoms with Gasteiger partial charge >= 0.3 is 0 Å². The number of nitrogens with zero attached hydrogens (tertiary/aromatic N) is 1. The Bertz CT molecular complexity index is 506. The van der Waals surface area contributed by atoms with Crippen LogP contribution < -0.4 is 5.32 Å². The zero-order valence-electron chi connectivity index (χ0n) is 28.7. The van der Waals surface area contributed by atoms with Gasteiger partial charge in [-0.25, -0.2) is 0 Å². The highest BCUT2D eigenvalue weighted by atomic mass is 35.5. The maximum atomic E-state index is 6.49. The van der Waals surface area contributed by atoms with Crippen molar-refractivity contribution in [1.29, 1.82) is 0 Å². The van der Waals surface area contributed by atoms with E-state index in [0.29, 0.717) is 0 Å². The number of hydrogen-bond acceptors (Lipinski definition) is 2. The van der Waals surface area contributed by atoms with E-state index in [4.69, 9.17) is 11.6 Å². The summed E-state index contributed by atoms with van der Waals surface area (Å²) in [4.78, 5) is 3.78. The third-order valence-electron chi connectivity index (χ3n) is 8.52. The van der Waals surface area contributed by atoms with Crippen molar-refractivity contribution >= 4 is 11.6 Å². The van der Waals surface area contributed by atoms with Gasteiger partial charge in [-0.1, -0.05) is 200 Å². The minimum atomic E-state index is 0.189. The lowest BCUT2D eigenvalue weighted by atomic mass is 10.0. The van der Waals surface area contributed by atoms with Crippen LogP contribution in [0.25, 0.3) is 0 Å². The fraction of sp³-hybridized carbons (Fsp3) is 0.872. The van der Waals surface area contributed by atoms with Crippen molar-refractivity contribution in [2.45, 2.75) is 212 Å². The van der Waals surface area contributed by atoms with Crippen LogP contribution in [0, 0.1) is 0 Å². The average molecular weight is 607 g/mol. The van der Waals surface area contributed by atoms with Crippen LogP contribution in [0.15, 0.2) is 30.6 Å². The largest absolute Gasteiger partial charge is 0.301 e. The highest BCUT2D eigenvalue weighted by molar-refractivity contribution is 6.20. The molecule has 2 nitrogen and oxygen atoms in total. The Kier molecular flexibility index (Phi) is 37.9. The first kappa shape index (κ1) is 41.4. The molecule has 0 radical (unpaired) electrons. The summed E-state index contributed by atoms with van der Waals surface area (Å²) >= 11 is 6.49. The molecule has 1 aromatic heterocycles. The molecule has 0 spiro atoms. The van der Waals surface area contributed by atoms with Crippen LogP contribution in [0.2, 0.25) is 0 Å². The molecule has 0 aliphatic rings. The zero-order chi connectivity index (χ0) is 30.4. The van der Waals surface area contributed by atoms with Gasteiger partial charge in [-0.3, -0.25) is 4.98 Å². The lowest BCUT2D eigenvalue weighted by Crippen LogP contribution is -2.24. The predicted molar refractivity (Wildman–Crippen MR) is 192 cm³/mol. The Hall–Kier alpha value is -0.600. The third-order valence-corrected chi connectivity index (χ3v) is 8.90. The van der Waals surface area contributed by atoms with Crippen molar-refractivity contribution in [3.8, 4) is 0 Å². The molecular weight excluding hydrogens is 532 g/mol. The number of rotatable bonds is 32. The number of unbranched alkanes of at least 4 members (excludes halogenated alkanes) is 27. The van der Waals surface area contributed by atoms with Gasteiger partial charge in [-0.05, 0) is 31.5 Å². The zero-order valence-corrected chi connectivity index (χ0v) is 29.5. The smallest absolute Gasteiger partial charge is 0.0825 e. The molecule has 3 heteroatoms. The lowest BCUT2D eigenvalue weighted by Gasteiger charge is -2.11. The first-order valence-corrected chi connectivity index (χ1v) is 19.5. The van der Waals surface area contributed by atoms with Gasteiger partial charge in [0.15, 0.2) is 0 Å². The number of nitrogens with one attached hydrogen (secondary N) is 1. The molecule has 1 unspecified atom stereocenters. The maximum Gasteiger partial charge on any atom is 0.0825 e.